The van der Waals surface area contributed by atoms with Crippen LogP contribution in [0.15, 0.2) is 0 Å². The van der Waals surface area contributed by atoms with Crippen molar-refractivity contribution in [1.82, 2.24) is 0 Å². The summed E-state index contributed by atoms with van der Waals surface area (Å²) >= 11 is 0. The highest BCUT2D eigenvalue weighted by Gasteiger charge is 2.62. The van der Waals surface area contributed by atoms with E-state index in [1.54, 1.807) is 0 Å². The third-order valence-electron chi connectivity index (χ3n) is 3.00. The minimum absolute atomic E-state index is 0.0525. The largest absolute Gasteiger partial charge is 0.381 e. The molecule has 0 aromatic rings. The molecule has 4 nitrogen and oxygen atoms in total. The summed E-state index contributed by atoms with van der Waals surface area (Å²) in [5, 5.41) is 0. The lowest BCUT2D eigenvalue weighted by molar-refractivity contribution is -0.176. The fourth-order valence-electron chi connectivity index (χ4n) is 2.09. The number of rotatable bonds is 1. The summed E-state index contributed by atoms with van der Waals surface area (Å²) < 4.78 is 9.92. The highest BCUT2D eigenvalue weighted by molar-refractivity contribution is 6.29. The minimum atomic E-state index is -0.793. The van der Waals surface area contributed by atoms with Crippen LogP contribution in [0, 0.1) is 5.41 Å². The number of methoxy groups -OCH3 is 1. The third kappa shape index (κ3) is 0.988. The van der Waals surface area contributed by atoms with E-state index in [0.29, 0.717) is 26.1 Å². The summed E-state index contributed by atoms with van der Waals surface area (Å²) in [6.07, 6.45) is 0.271. The van der Waals surface area contributed by atoms with Gasteiger partial charge in [0, 0.05) is 20.3 Å². The molecule has 2 rings (SSSR count). The first-order chi connectivity index (χ1) is 6.22. The van der Waals surface area contributed by atoms with Gasteiger partial charge in [-0.3, -0.25) is 9.59 Å². The monoisotopic (exact) mass is 184 g/mol. The van der Waals surface area contributed by atoms with Gasteiger partial charge in [-0.1, -0.05) is 0 Å². The van der Waals surface area contributed by atoms with Crippen LogP contribution in [0.5, 0.6) is 0 Å². The van der Waals surface area contributed by atoms with Crippen molar-refractivity contribution in [3.8, 4) is 0 Å². The van der Waals surface area contributed by atoms with Crippen LogP contribution >= 0.6 is 0 Å². The van der Waals surface area contributed by atoms with Gasteiger partial charge in [0.25, 0.3) is 0 Å². The van der Waals surface area contributed by atoms with Crippen molar-refractivity contribution in [2.45, 2.75) is 18.9 Å². The Morgan fingerprint density at radius 3 is 2.31 bits per heavy atom. The molecule has 1 saturated heterocycles. The molecule has 0 N–H and O–H groups in total. The maximum atomic E-state index is 11.6. The normalized spacial score (nSPS) is 27.8. The summed E-state index contributed by atoms with van der Waals surface area (Å²) in [7, 11) is 1.40. The molecule has 1 saturated carbocycles. The number of Topliss-reactive ketones (excluding diaryl/α,β-unsaturated/α-hetero) is 2. The molecule has 13 heavy (non-hydrogen) atoms. The summed E-state index contributed by atoms with van der Waals surface area (Å²) in [4.78, 5) is 23.2. The smallest absolute Gasteiger partial charge is 0.182 e. The van der Waals surface area contributed by atoms with Crippen molar-refractivity contribution in [2.24, 2.45) is 5.41 Å². The zero-order valence-corrected chi connectivity index (χ0v) is 7.54. The van der Waals surface area contributed by atoms with Crippen LogP contribution in [-0.4, -0.2) is 38.0 Å². The van der Waals surface area contributed by atoms with Crippen molar-refractivity contribution in [3.63, 3.8) is 0 Å². The molecule has 0 radical (unpaired) electrons. The van der Waals surface area contributed by atoms with Gasteiger partial charge in [-0.15, -0.1) is 0 Å². The quantitative estimate of drug-likeness (QED) is 0.536. The van der Waals surface area contributed by atoms with E-state index >= 15 is 0 Å². The molecule has 0 aromatic carbocycles. The van der Waals surface area contributed by atoms with Crippen LogP contribution in [0.3, 0.4) is 0 Å². The van der Waals surface area contributed by atoms with E-state index in [-0.39, 0.29) is 11.6 Å². The minimum Gasteiger partial charge on any atom is -0.381 e. The molecular weight excluding hydrogens is 172 g/mol. The van der Waals surface area contributed by atoms with Gasteiger partial charge < -0.3 is 9.47 Å². The first-order valence-corrected chi connectivity index (χ1v) is 4.41. The van der Waals surface area contributed by atoms with E-state index in [1.165, 1.54) is 7.11 Å². The Labute approximate surface area is 76.2 Å². The maximum absolute atomic E-state index is 11.6. The summed E-state index contributed by atoms with van der Waals surface area (Å²) in [5.74, 6) is -0.105. The molecule has 1 spiro atoms. The average molecular weight is 184 g/mol. The van der Waals surface area contributed by atoms with Gasteiger partial charge in [0.2, 0.25) is 0 Å². The van der Waals surface area contributed by atoms with E-state index in [2.05, 4.69) is 0 Å². The Hall–Kier alpha value is -0.740. The highest BCUT2D eigenvalue weighted by atomic mass is 16.5. The number of ketones is 2. The van der Waals surface area contributed by atoms with E-state index in [1.807, 2.05) is 0 Å². The first-order valence-electron chi connectivity index (χ1n) is 4.41. The topological polar surface area (TPSA) is 52.6 Å². The van der Waals surface area contributed by atoms with Gasteiger partial charge in [-0.2, -0.15) is 0 Å². The lowest BCUT2D eigenvalue weighted by atomic mass is 9.60. The van der Waals surface area contributed by atoms with E-state index in [4.69, 9.17) is 9.47 Å². The number of carbonyl (C=O) groups excluding carboxylic acids is 2. The second-order valence-corrected chi connectivity index (χ2v) is 3.54. The van der Waals surface area contributed by atoms with E-state index in [0.717, 1.165) is 0 Å². The second-order valence-electron chi connectivity index (χ2n) is 3.54. The summed E-state index contributed by atoms with van der Waals surface area (Å²) in [5.41, 5.74) is -0.737. The molecular formula is C9H12O4. The van der Waals surface area contributed by atoms with Gasteiger partial charge in [0.1, 0.15) is 0 Å². The number of ether oxygens (including phenoxy) is 2. The lowest BCUT2D eigenvalue weighted by Crippen LogP contribution is -2.64. The Balaban J connectivity index is 2.16. The third-order valence-corrected chi connectivity index (χ3v) is 3.00. The molecule has 1 aliphatic carbocycles. The molecule has 1 heterocycles. The molecule has 72 valence electrons. The van der Waals surface area contributed by atoms with Crippen LogP contribution in [0.1, 0.15) is 12.8 Å². The predicted octanol–water partition coefficient (Wildman–Crippen LogP) is -0.0500. The fraction of sp³-hybridized carbons (Fsp3) is 0.778. The van der Waals surface area contributed by atoms with Crippen molar-refractivity contribution < 1.29 is 19.1 Å². The number of hydrogen-bond acceptors (Lipinski definition) is 4. The van der Waals surface area contributed by atoms with Gasteiger partial charge in [0.05, 0.1) is 5.41 Å². The standard InChI is InChI=1S/C9H12O4/c1-12-6-7(10)9(8(6)11)2-4-13-5-3-9/h6H,2-5H2,1H3. The lowest BCUT2D eigenvalue weighted by Gasteiger charge is -2.44. The Morgan fingerprint density at radius 2 is 1.85 bits per heavy atom. The zero-order valence-electron chi connectivity index (χ0n) is 7.54. The molecule has 0 bridgehead atoms. The molecule has 2 fully saturated rings. The van der Waals surface area contributed by atoms with Gasteiger partial charge in [-0.25, -0.2) is 0 Å². The maximum Gasteiger partial charge on any atom is 0.182 e. The van der Waals surface area contributed by atoms with Crippen LogP contribution in [0.25, 0.3) is 0 Å². The summed E-state index contributed by atoms with van der Waals surface area (Å²) in [6, 6.07) is 0. The van der Waals surface area contributed by atoms with Gasteiger partial charge in [0.15, 0.2) is 17.7 Å². The van der Waals surface area contributed by atoms with Crippen LogP contribution in [-0.2, 0) is 19.1 Å². The van der Waals surface area contributed by atoms with Crippen molar-refractivity contribution in [2.75, 3.05) is 20.3 Å². The molecule has 4 heteroatoms. The number of carbonyl (C=O) groups is 2. The van der Waals surface area contributed by atoms with Gasteiger partial charge in [-0.05, 0) is 12.8 Å². The van der Waals surface area contributed by atoms with Crippen LogP contribution in [0.2, 0.25) is 0 Å². The average Bonchev–Trinajstić information content (AvgIpc) is 2.20. The van der Waals surface area contributed by atoms with Crippen LogP contribution < -0.4 is 0 Å². The SMILES string of the molecule is COC1C(=O)C2(CCOCC2)C1=O. The Morgan fingerprint density at radius 1 is 1.31 bits per heavy atom. The fourth-order valence-corrected chi connectivity index (χ4v) is 2.09. The molecule has 0 unspecified atom stereocenters. The Bertz CT molecular complexity index is 234. The summed E-state index contributed by atoms with van der Waals surface area (Å²) in [6.45, 7) is 1.02. The van der Waals surface area contributed by atoms with Crippen molar-refractivity contribution in [1.29, 1.82) is 0 Å². The van der Waals surface area contributed by atoms with E-state index < -0.39 is 11.5 Å². The molecule has 0 atom stereocenters. The molecule has 1 aliphatic heterocycles. The van der Waals surface area contributed by atoms with Crippen molar-refractivity contribution >= 4 is 11.6 Å². The molecule has 0 amide bonds. The van der Waals surface area contributed by atoms with Crippen molar-refractivity contribution in [3.05, 3.63) is 0 Å². The van der Waals surface area contributed by atoms with E-state index in [9.17, 15) is 9.59 Å². The van der Waals surface area contributed by atoms with Gasteiger partial charge >= 0.3 is 0 Å². The second kappa shape index (κ2) is 2.89. The molecule has 0 aromatic heterocycles. The Kier molecular flexibility index (Phi) is 1.96. The van der Waals surface area contributed by atoms with Crippen LogP contribution in [0.4, 0.5) is 0 Å². The predicted molar refractivity (Wildman–Crippen MR) is 43.3 cm³/mol. The first kappa shape index (κ1) is 8.84. The zero-order chi connectivity index (χ0) is 9.47. The highest BCUT2D eigenvalue weighted by Crippen LogP contribution is 2.43. The number of hydrogen-bond donors (Lipinski definition) is 0. The molecule has 2 aliphatic rings.